The fraction of sp³-hybridized carbons (Fsp3) is 0.211. The van der Waals surface area contributed by atoms with Gasteiger partial charge < -0.3 is 18.9 Å². The molecule has 8 nitrogen and oxygen atoms in total. The maximum atomic E-state index is 12.3. The Morgan fingerprint density at radius 2 is 1.78 bits per heavy atom. The molecule has 0 fully saturated rings. The van der Waals surface area contributed by atoms with E-state index in [0.29, 0.717) is 34.1 Å². The van der Waals surface area contributed by atoms with Crippen molar-refractivity contribution in [3.8, 4) is 29.1 Å². The number of amides is 1. The maximum Gasteiger partial charge on any atom is 0.271 e. The molecule has 140 valence electrons. The van der Waals surface area contributed by atoms with E-state index in [1.54, 1.807) is 36.4 Å². The highest BCUT2D eigenvalue weighted by atomic mass is 16.5. The molecule has 1 N–H and O–H groups in total. The molecule has 8 heteroatoms. The Labute approximate surface area is 156 Å². The van der Waals surface area contributed by atoms with Gasteiger partial charge in [0.15, 0.2) is 18.1 Å². The van der Waals surface area contributed by atoms with E-state index in [4.69, 9.17) is 24.2 Å². The van der Waals surface area contributed by atoms with Gasteiger partial charge in [0.2, 0.25) is 0 Å². The minimum Gasteiger partial charge on any atom is -0.497 e. The molecule has 0 aliphatic rings. The number of ether oxygens (including phenoxy) is 4. The summed E-state index contributed by atoms with van der Waals surface area (Å²) < 4.78 is 20.8. The lowest BCUT2D eigenvalue weighted by atomic mass is 10.2. The first kappa shape index (κ1) is 19.6. The van der Waals surface area contributed by atoms with Crippen LogP contribution in [0.3, 0.4) is 0 Å². The Kier molecular flexibility index (Phi) is 7.02. The zero-order valence-corrected chi connectivity index (χ0v) is 15.2. The second-order valence-electron chi connectivity index (χ2n) is 5.16. The number of benzene rings is 2. The second kappa shape index (κ2) is 9.68. The molecule has 2 aromatic carbocycles. The van der Waals surface area contributed by atoms with Crippen LogP contribution >= 0.6 is 0 Å². The maximum absolute atomic E-state index is 12.3. The molecule has 0 atom stereocenters. The Bertz CT molecular complexity index is 852. The van der Waals surface area contributed by atoms with Gasteiger partial charge in [0, 0.05) is 11.6 Å². The fourth-order valence-electron chi connectivity index (χ4n) is 2.16. The molecular weight excluding hydrogens is 350 g/mol. The lowest BCUT2D eigenvalue weighted by Crippen LogP contribution is -2.17. The molecule has 0 aromatic heterocycles. The van der Waals surface area contributed by atoms with Crippen LogP contribution in [0, 0.1) is 11.3 Å². The Morgan fingerprint density at radius 3 is 2.37 bits per heavy atom. The Morgan fingerprint density at radius 1 is 1.07 bits per heavy atom. The van der Waals surface area contributed by atoms with Crippen LogP contribution in [0.1, 0.15) is 15.9 Å². The van der Waals surface area contributed by atoms with E-state index in [9.17, 15) is 4.79 Å². The summed E-state index contributed by atoms with van der Waals surface area (Å²) in [6, 6.07) is 11.8. The lowest BCUT2D eigenvalue weighted by molar-refractivity contribution is 0.0954. The summed E-state index contributed by atoms with van der Waals surface area (Å²) >= 11 is 0. The Hall–Kier alpha value is -3.73. The summed E-state index contributed by atoms with van der Waals surface area (Å²) in [5.41, 5.74) is 3.47. The number of carbonyl (C=O) groups is 1. The molecule has 27 heavy (non-hydrogen) atoms. The van der Waals surface area contributed by atoms with Crippen LogP contribution in [0.5, 0.6) is 23.0 Å². The van der Waals surface area contributed by atoms with Crippen LogP contribution in [-0.4, -0.2) is 40.1 Å². The van der Waals surface area contributed by atoms with Crippen LogP contribution < -0.4 is 24.4 Å². The second-order valence-corrected chi connectivity index (χ2v) is 5.16. The van der Waals surface area contributed by atoms with E-state index in [0.717, 1.165) is 0 Å². The molecule has 0 radical (unpaired) electrons. The molecule has 2 aromatic rings. The first-order valence-electron chi connectivity index (χ1n) is 7.85. The predicted molar refractivity (Wildman–Crippen MR) is 98.7 cm³/mol. The standard InChI is InChI=1S/C19H19N3O5/c1-24-15-9-14(10-16(11-15)25-2)19(23)22-21-12-13-4-5-17(27-7-6-20)18(8-13)26-3/h4-5,8-12H,7H2,1-3H3,(H,22,23)/b21-12+. The van der Waals surface area contributed by atoms with E-state index in [-0.39, 0.29) is 6.61 Å². The molecule has 2 rings (SSSR count). The topological polar surface area (TPSA) is 102 Å². The molecule has 0 aliphatic heterocycles. The van der Waals surface area contributed by atoms with Crippen molar-refractivity contribution < 1.29 is 23.7 Å². The van der Waals surface area contributed by atoms with Crippen molar-refractivity contribution in [3.05, 3.63) is 47.5 Å². The van der Waals surface area contributed by atoms with Crippen molar-refractivity contribution >= 4 is 12.1 Å². The number of rotatable bonds is 8. The van der Waals surface area contributed by atoms with Gasteiger partial charge in [-0.1, -0.05) is 0 Å². The number of hydrogen-bond donors (Lipinski definition) is 1. The number of carbonyl (C=O) groups excluding carboxylic acids is 1. The van der Waals surface area contributed by atoms with Crippen LogP contribution in [0.25, 0.3) is 0 Å². The number of methoxy groups -OCH3 is 3. The highest BCUT2D eigenvalue weighted by Gasteiger charge is 2.09. The zero-order chi connectivity index (χ0) is 19.6. The monoisotopic (exact) mass is 369 g/mol. The minimum absolute atomic E-state index is 0.0795. The summed E-state index contributed by atoms with van der Waals surface area (Å²) in [7, 11) is 4.51. The molecule has 0 saturated carbocycles. The third kappa shape index (κ3) is 5.37. The van der Waals surface area contributed by atoms with Gasteiger partial charge in [0.05, 0.1) is 27.5 Å². The van der Waals surface area contributed by atoms with Gasteiger partial charge in [-0.3, -0.25) is 4.79 Å². The molecule has 0 unspecified atom stereocenters. The SMILES string of the molecule is COc1cc(OC)cc(C(=O)N/N=C/c2ccc(OCC#N)c(OC)c2)c1. The molecule has 1 amide bonds. The van der Waals surface area contributed by atoms with Gasteiger partial charge in [-0.05, 0) is 35.9 Å². The van der Waals surface area contributed by atoms with E-state index in [1.165, 1.54) is 27.5 Å². The van der Waals surface area contributed by atoms with Crippen molar-refractivity contribution in [2.45, 2.75) is 0 Å². The molecule has 0 heterocycles. The van der Waals surface area contributed by atoms with Gasteiger partial charge in [-0.15, -0.1) is 0 Å². The summed E-state index contributed by atoms with van der Waals surface area (Å²) in [6.45, 7) is -0.0795. The average Bonchev–Trinajstić information content (AvgIpc) is 2.71. The van der Waals surface area contributed by atoms with Crippen molar-refractivity contribution in [2.24, 2.45) is 5.10 Å². The number of nitriles is 1. The summed E-state index contributed by atoms with van der Waals surface area (Å²) in [4.78, 5) is 12.3. The van der Waals surface area contributed by atoms with Crippen LogP contribution in [0.4, 0.5) is 0 Å². The van der Waals surface area contributed by atoms with Crippen molar-refractivity contribution in [3.63, 3.8) is 0 Å². The van der Waals surface area contributed by atoms with E-state index < -0.39 is 5.91 Å². The first-order chi connectivity index (χ1) is 13.1. The van der Waals surface area contributed by atoms with E-state index >= 15 is 0 Å². The third-order valence-electron chi connectivity index (χ3n) is 3.47. The molecular formula is C19H19N3O5. The average molecular weight is 369 g/mol. The summed E-state index contributed by atoms with van der Waals surface area (Å²) in [5, 5.41) is 12.5. The first-order valence-corrected chi connectivity index (χ1v) is 7.85. The molecule has 0 saturated heterocycles. The Balaban J connectivity index is 2.08. The summed E-state index contributed by atoms with van der Waals surface area (Å²) in [5.74, 6) is 1.49. The normalized spacial score (nSPS) is 10.1. The summed E-state index contributed by atoms with van der Waals surface area (Å²) in [6.07, 6.45) is 1.46. The number of nitrogens with one attached hydrogen (secondary N) is 1. The number of hydrogen-bond acceptors (Lipinski definition) is 7. The van der Waals surface area contributed by atoms with Crippen molar-refractivity contribution in [2.75, 3.05) is 27.9 Å². The zero-order valence-electron chi connectivity index (χ0n) is 15.2. The smallest absolute Gasteiger partial charge is 0.271 e. The van der Waals surface area contributed by atoms with Gasteiger partial charge in [-0.25, -0.2) is 5.43 Å². The van der Waals surface area contributed by atoms with Crippen LogP contribution in [0.2, 0.25) is 0 Å². The van der Waals surface area contributed by atoms with E-state index in [2.05, 4.69) is 10.5 Å². The fourth-order valence-corrected chi connectivity index (χ4v) is 2.16. The van der Waals surface area contributed by atoms with Crippen LogP contribution in [0.15, 0.2) is 41.5 Å². The molecule has 0 spiro atoms. The number of hydrazone groups is 1. The predicted octanol–water partition coefficient (Wildman–Crippen LogP) is 2.38. The van der Waals surface area contributed by atoms with Gasteiger partial charge in [0.25, 0.3) is 5.91 Å². The molecule has 0 aliphatic carbocycles. The minimum atomic E-state index is -0.413. The van der Waals surface area contributed by atoms with Gasteiger partial charge >= 0.3 is 0 Å². The van der Waals surface area contributed by atoms with Crippen molar-refractivity contribution in [1.29, 1.82) is 5.26 Å². The van der Waals surface area contributed by atoms with E-state index in [1.807, 2.05) is 6.07 Å². The largest absolute Gasteiger partial charge is 0.497 e. The van der Waals surface area contributed by atoms with Gasteiger partial charge in [0.1, 0.15) is 17.6 Å². The number of nitrogens with zero attached hydrogens (tertiary/aromatic N) is 2. The van der Waals surface area contributed by atoms with Crippen LogP contribution in [-0.2, 0) is 0 Å². The molecule has 0 bridgehead atoms. The highest BCUT2D eigenvalue weighted by Crippen LogP contribution is 2.27. The third-order valence-corrected chi connectivity index (χ3v) is 3.47. The highest BCUT2D eigenvalue weighted by molar-refractivity contribution is 5.95. The van der Waals surface area contributed by atoms with Crippen molar-refractivity contribution in [1.82, 2.24) is 5.43 Å². The quantitative estimate of drug-likeness (QED) is 0.566. The van der Waals surface area contributed by atoms with Gasteiger partial charge in [-0.2, -0.15) is 10.4 Å². The lowest BCUT2D eigenvalue weighted by Gasteiger charge is -2.09.